The summed E-state index contributed by atoms with van der Waals surface area (Å²) in [5.74, 6) is -0.529. The molecule has 0 N–H and O–H groups in total. The van der Waals surface area contributed by atoms with Crippen molar-refractivity contribution in [1.82, 2.24) is 9.78 Å². The fourth-order valence-electron chi connectivity index (χ4n) is 0.790. The SMILES string of the molecule is Cc1c(I)c([N+](=O)[O-])nn1C(F)F. The van der Waals surface area contributed by atoms with Crippen molar-refractivity contribution in [2.75, 3.05) is 0 Å². The summed E-state index contributed by atoms with van der Waals surface area (Å²) in [7, 11) is 0. The highest BCUT2D eigenvalue weighted by molar-refractivity contribution is 14.1. The molecule has 0 radical (unpaired) electrons. The molecule has 1 rings (SSSR count). The van der Waals surface area contributed by atoms with Crippen LogP contribution in [0.4, 0.5) is 14.6 Å². The Morgan fingerprint density at radius 3 is 2.46 bits per heavy atom. The Kier molecular flexibility index (Phi) is 2.78. The zero-order valence-electron chi connectivity index (χ0n) is 6.37. The Morgan fingerprint density at radius 1 is 1.69 bits per heavy atom. The van der Waals surface area contributed by atoms with Gasteiger partial charge in [-0.05, 0) is 34.4 Å². The maximum Gasteiger partial charge on any atom is 0.403 e. The molecule has 1 heterocycles. The number of hydrogen-bond acceptors (Lipinski definition) is 3. The molecule has 13 heavy (non-hydrogen) atoms. The van der Waals surface area contributed by atoms with E-state index in [-0.39, 0.29) is 9.26 Å². The standard InChI is InChI=1S/C5H4F2IN3O2/c1-2-3(8)4(11(12)13)9-10(2)5(6)7/h5H,1H3. The Morgan fingerprint density at radius 2 is 2.23 bits per heavy atom. The monoisotopic (exact) mass is 303 g/mol. The van der Waals surface area contributed by atoms with Crippen LogP contribution in [0.15, 0.2) is 0 Å². The third-order valence-corrected chi connectivity index (χ3v) is 2.68. The molecule has 0 spiro atoms. The largest absolute Gasteiger partial charge is 0.403 e. The quantitative estimate of drug-likeness (QED) is 0.477. The second-order valence-corrected chi connectivity index (χ2v) is 3.28. The van der Waals surface area contributed by atoms with Gasteiger partial charge >= 0.3 is 12.4 Å². The predicted molar refractivity (Wildman–Crippen MR) is 47.6 cm³/mol. The van der Waals surface area contributed by atoms with Crippen molar-refractivity contribution in [1.29, 1.82) is 0 Å². The van der Waals surface area contributed by atoms with Gasteiger partial charge in [-0.15, -0.1) is 4.68 Å². The minimum atomic E-state index is -2.85. The van der Waals surface area contributed by atoms with E-state index in [1.165, 1.54) is 6.92 Å². The molecule has 0 atom stereocenters. The van der Waals surface area contributed by atoms with Crippen molar-refractivity contribution >= 4 is 28.4 Å². The number of nitro groups is 1. The van der Waals surface area contributed by atoms with Gasteiger partial charge in [-0.25, -0.2) is 0 Å². The van der Waals surface area contributed by atoms with E-state index in [1.807, 2.05) is 0 Å². The lowest BCUT2D eigenvalue weighted by atomic mass is 10.5. The van der Waals surface area contributed by atoms with Crippen LogP contribution in [0.5, 0.6) is 0 Å². The zero-order chi connectivity index (χ0) is 10.2. The Bertz CT molecular complexity index is 352. The van der Waals surface area contributed by atoms with E-state index in [9.17, 15) is 18.9 Å². The molecule has 1 aromatic rings. The third-order valence-electron chi connectivity index (χ3n) is 1.42. The highest BCUT2D eigenvalue weighted by Crippen LogP contribution is 2.25. The molecule has 72 valence electrons. The zero-order valence-corrected chi connectivity index (χ0v) is 8.53. The van der Waals surface area contributed by atoms with E-state index >= 15 is 0 Å². The van der Waals surface area contributed by atoms with Crippen molar-refractivity contribution in [2.45, 2.75) is 13.5 Å². The minimum absolute atomic E-state index is 0.0994. The van der Waals surface area contributed by atoms with E-state index in [0.717, 1.165) is 0 Å². The van der Waals surface area contributed by atoms with Gasteiger partial charge in [-0.1, -0.05) is 0 Å². The lowest BCUT2D eigenvalue weighted by molar-refractivity contribution is -0.391. The van der Waals surface area contributed by atoms with Crippen LogP contribution >= 0.6 is 22.6 Å². The highest BCUT2D eigenvalue weighted by atomic mass is 127. The van der Waals surface area contributed by atoms with E-state index < -0.39 is 17.3 Å². The molecule has 0 saturated carbocycles. The van der Waals surface area contributed by atoms with Crippen molar-refractivity contribution in [2.24, 2.45) is 0 Å². The molecule has 0 saturated heterocycles. The lowest BCUT2D eigenvalue weighted by Crippen LogP contribution is -2.02. The van der Waals surface area contributed by atoms with Crippen LogP contribution in [0.25, 0.3) is 0 Å². The van der Waals surface area contributed by atoms with Crippen LogP contribution in [0.2, 0.25) is 0 Å². The summed E-state index contributed by atoms with van der Waals surface area (Å²) in [6.45, 7) is -1.49. The summed E-state index contributed by atoms with van der Waals surface area (Å²) < 4.78 is 24.8. The molecule has 0 bridgehead atoms. The molecule has 1 aromatic heterocycles. The molecule has 0 amide bonds. The number of hydrogen-bond donors (Lipinski definition) is 0. The van der Waals surface area contributed by atoms with Crippen molar-refractivity contribution < 1.29 is 13.7 Å². The fourth-order valence-corrected chi connectivity index (χ4v) is 1.34. The fraction of sp³-hybridized carbons (Fsp3) is 0.400. The first-order valence-electron chi connectivity index (χ1n) is 3.12. The molecular weight excluding hydrogens is 299 g/mol. The van der Waals surface area contributed by atoms with Crippen LogP contribution in [-0.2, 0) is 0 Å². The third kappa shape index (κ3) is 1.76. The molecule has 0 aliphatic carbocycles. The van der Waals surface area contributed by atoms with Gasteiger partial charge in [0.1, 0.15) is 3.57 Å². The molecule has 0 aliphatic rings. The van der Waals surface area contributed by atoms with Gasteiger partial charge in [-0.3, -0.25) is 0 Å². The molecule has 0 aromatic carbocycles. The Hall–Kier alpha value is -0.800. The lowest BCUT2D eigenvalue weighted by Gasteiger charge is -1.94. The summed E-state index contributed by atoms with van der Waals surface area (Å²) in [5, 5.41) is 13.5. The van der Waals surface area contributed by atoms with Gasteiger partial charge in [0.15, 0.2) is 0 Å². The van der Waals surface area contributed by atoms with E-state index in [2.05, 4.69) is 5.10 Å². The maximum absolute atomic E-state index is 12.2. The summed E-state index contributed by atoms with van der Waals surface area (Å²) in [6.07, 6.45) is 0. The first-order valence-corrected chi connectivity index (χ1v) is 4.20. The smallest absolute Gasteiger partial charge is 0.358 e. The first-order chi connectivity index (χ1) is 5.95. The first kappa shape index (κ1) is 10.3. The minimum Gasteiger partial charge on any atom is -0.358 e. The van der Waals surface area contributed by atoms with E-state index in [0.29, 0.717) is 4.68 Å². The number of nitrogens with zero attached hydrogens (tertiary/aromatic N) is 3. The summed E-state index contributed by atoms with van der Waals surface area (Å²) >= 11 is 1.62. The summed E-state index contributed by atoms with van der Waals surface area (Å²) in [4.78, 5) is 9.51. The molecule has 0 aliphatic heterocycles. The Labute approximate surface area is 85.0 Å². The summed E-state index contributed by atoms with van der Waals surface area (Å²) in [5.41, 5.74) is 0.0994. The number of alkyl halides is 2. The maximum atomic E-state index is 12.2. The van der Waals surface area contributed by atoms with Gasteiger partial charge < -0.3 is 10.1 Å². The number of rotatable bonds is 2. The highest BCUT2D eigenvalue weighted by Gasteiger charge is 2.27. The average Bonchev–Trinajstić information content (AvgIpc) is 2.29. The molecule has 5 nitrogen and oxygen atoms in total. The van der Waals surface area contributed by atoms with Crippen molar-refractivity contribution in [3.63, 3.8) is 0 Å². The second kappa shape index (κ2) is 3.52. The topological polar surface area (TPSA) is 61.0 Å². The molecule has 0 unspecified atom stereocenters. The van der Waals surface area contributed by atoms with Gasteiger partial charge in [0.2, 0.25) is 0 Å². The summed E-state index contributed by atoms with van der Waals surface area (Å²) in [6, 6.07) is 0. The van der Waals surface area contributed by atoms with Crippen molar-refractivity contribution in [3.05, 3.63) is 19.4 Å². The molecule has 8 heteroatoms. The number of aromatic nitrogens is 2. The average molecular weight is 303 g/mol. The molecular formula is C5H4F2IN3O2. The van der Waals surface area contributed by atoms with Crippen LogP contribution in [-0.4, -0.2) is 14.7 Å². The Balaban J connectivity index is 3.28. The van der Waals surface area contributed by atoms with Gasteiger partial charge in [0, 0.05) is 0 Å². The second-order valence-electron chi connectivity index (χ2n) is 2.20. The van der Waals surface area contributed by atoms with Crippen LogP contribution in [0.3, 0.4) is 0 Å². The molecule has 0 fully saturated rings. The van der Waals surface area contributed by atoms with Crippen molar-refractivity contribution in [3.8, 4) is 0 Å². The number of halogens is 3. The predicted octanol–water partition coefficient (Wildman–Crippen LogP) is 2.10. The van der Waals surface area contributed by atoms with Crippen LogP contribution in [0, 0.1) is 20.6 Å². The van der Waals surface area contributed by atoms with Gasteiger partial charge in [0.25, 0.3) is 0 Å². The van der Waals surface area contributed by atoms with Crippen LogP contribution < -0.4 is 0 Å². The van der Waals surface area contributed by atoms with Crippen LogP contribution in [0.1, 0.15) is 12.2 Å². The van der Waals surface area contributed by atoms with Gasteiger partial charge in [0.05, 0.1) is 10.8 Å². The van der Waals surface area contributed by atoms with Gasteiger partial charge in [-0.2, -0.15) is 8.78 Å². The van der Waals surface area contributed by atoms with E-state index in [1.54, 1.807) is 22.6 Å². The normalized spacial score (nSPS) is 10.8. The van der Waals surface area contributed by atoms with E-state index in [4.69, 9.17) is 0 Å².